The quantitative estimate of drug-likeness (QED) is 0.523. The van der Waals surface area contributed by atoms with Crippen molar-refractivity contribution in [1.82, 2.24) is 9.30 Å². The molecule has 128 valence electrons. The van der Waals surface area contributed by atoms with Crippen LogP contribution in [0.4, 0.5) is 0 Å². The van der Waals surface area contributed by atoms with E-state index in [2.05, 4.69) is 0 Å². The number of amides is 1. The van der Waals surface area contributed by atoms with Crippen molar-refractivity contribution in [2.24, 2.45) is 0 Å². The minimum Gasteiger partial charge on any atom is -0.336 e. The number of Topliss-reactive ketones (excluding diaryl/α,β-unsaturated/α-hetero) is 1. The van der Waals surface area contributed by atoms with Gasteiger partial charge in [-0.3, -0.25) is 9.59 Å². The third-order valence-corrected chi connectivity index (χ3v) is 4.50. The smallest absolute Gasteiger partial charge is 0.296 e. The lowest BCUT2D eigenvalue weighted by Crippen LogP contribution is -2.36. The van der Waals surface area contributed by atoms with Crippen LogP contribution in [0.3, 0.4) is 0 Å². The Balaban J connectivity index is 2.18. The van der Waals surface area contributed by atoms with Gasteiger partial charge in [0.25, 0.3) is 11.7 Å². The molecule has 0 bridgehead atoms. The number of hydrogen-bond donors (Lipinski definition) is 0. The number of aryl methyl sites for hydroxylation is 1. The highest BCUT2D eigenvalue weighted by Gasteiger charge is 2.27. The van der Waals surface area contributed by atoms with Crippen molar-refractivity contribution in [2.45, 2.75) is 20.8 Å². The van der Waals surface area contributed by atoms with E-state index in [1.807, 2.05) is 75.5 Å². The number of fused-ring (bicyclic) bond motifs is 1. The molecule has 0 spiro atoms. The van der Waals surface area contributed by atoms with Crippen LogP contribution in [-0.2, 0) is 4.79 Å². The Labute approximate surface area is 147 Å². The number of benzene rings is 1. The Morgan fingerprint density at radius 2 is 1.68 bits per heavy atom. The first-order valence-electron chi connectivity index (χ1n) is 8.57. The largest absolute Gasteiger partial charge is 0.336 e. The summed E-state index contributed by atoms with van der Waals surface area (Å²) in [6.07, 6.45) is 1.83. The fourth-order valence-electron chi connectivity index (χ4n) is 3.06. The number of likely N-dealkylation sites (N-methyl/N-ethyl adjacent to an activating group) is 1. The number of pyridine rings is 1. The summed E-state index contributed by atoms with van der Waals surface area (Å²) in [6.45, 7) is 6.82. The van der Waals surface area contributed by atoms with Crippen molar-refractivity contribution >= 4 is 17.2 Å². The molecule has 3 aromatic rings. The second kappa shape index (κ2) is 6.93. The maximum absolute atomic E-state index is 13.0. The van der Waals surface area contributed by atoms with Crippen LogP contribution in [-0.4, -0.2) is 34.1 Å². The first kappa shape index (κ1) is 17.0. The molecule has 0 fully saturated rings. The standard InChI is InChI=1S/C21H22N2O2/c1-4-22(5-2)21(25)20(24)19-18(16-11-9-15(3)10-12-16)14-17-8-6-7-13-23(17)19/h6-14H,4-5H2,1-3H3. The van der Waals surface area contributed by atoms with Gasteiger partial charge in [0.2, 0.25) is 0 Å². The number of ketones is 1. The fraction of sp³-hybridized carbons (Fsp3) is 0.238. The molecule has 0 aliphatic carbocycles. The summed E-state index contributed by atoms with van der Waals surface area (Å²) in [5.74, 6) is -0.923. The van der Waals surface area contributed by atoms with Crippen molar-refractivity contribution in [2.75, 3.05) is 13.1 Å². The zero-order valence-corrected chi connectivity index (χ0v) is 14.8. The van der Waals surface area contributed by atoms with Crippen molar-refractivity contribution in [1.29, 1.82) is 0 Å². The monoisotopic (exact) mass is 334 g/mol. The number of carbonyl (C=O) groups is 2. The van der Waals surface area contributed by atoms with Crippen LogP contribution in [0, 0.1) is 6.92 Å². The Bertz CT molecular complexity index is 919. The van der Waals surface area contributed by atoms with Crippen molar-refractivity contribution < 1.29 is 9.59 Å². The van der Waals surface area contributed by atoms with E-state index in [1.54, 1.807) is 9.30 Å². The highest BCUT2D eigenvalue weighted by atomic mass is 16.2. The highest BCUT2D eigenvalue weighted by molar-refractivity contribution is 6.43. The van der Waals surface area contributed by atoms with Gasteiger partial charge in [-0.1, -0.05) is 35.9 Å². The molecule has 0 aliphatic rings. The zero-order chi connectivity index (χ0) is 18.0. The Morgan fingerprint density at radius 1 is 1.00 bits per heavy atom. The molecule has 0 saturated carbocycles. The fourth-order valence-corrected chi connectivity index (χ4v) is 3.06. The summed E-state index contributed by atoms with van der Waals surface area (Å²) in [4.78, 5) is 27.2. The first-order valence-corrected chi connectivity index (χ1v) is 8.57. The molecule has 0 saturated heterocycles. The molecule has 1 amide bonds. The van der Waals surface area contributed by atoms with Gasteiger partial charge < -0.3 is 9.30 Å². The lowest BCUT2D eigenvalue weighted by Gasteiger charge is -2.18. The number of nitrogens with zero attached hydrogens (tertiary/aromatic N) is 2. The number of aromatic nitrogens is 1. The predicted molar refractivity (Wildman–Crippen MR) is 99.8 cm³/mol. The molecule has 3 rings (SSSR count). The van der Waals surface area contributed by atoms with Gasteiger partial charge in [-0.15, -0.1) is 0 Å². The van der Waals surface area contributed by atoms with Gasteiger partial charge in [0, 0.05) is 30.4 Å². The van der Waals surface area contributed by atoms with Gasteiger partial charge in [0.15, 0.2) is 0 Å². The van der Waals surface area contributed by atoms with Gasteiger partial charge in [-0.25, -0.2) is 0 Å². The first-order chi connectivity index (χ1) is 12.1. The number of carbonyl (C=O) groups excluding carboxylic acids is 2. The molecule has 1 aromatic carbocycles. The minimum absolute atomic E-state index is 0.427. The van der Waals surface area contributed by atoms with E-state index in [1.165, 1.54) is 0 Å². The molecule has 25 heavy (non-hydrogen) atoms. The second-order valence-corrected chi connectivity index (χ2v) is 6.07. The van der Waals surface area contributed by atoms with E-state index < -0.39 is 11.7 Å². The van der Waals surface area contributed by atoms with Crippen LogP contribution in [0.2, 0.25) is 0 Å². The van der Waals surface area contributed by atoms with Gasteiger partial charge in [0.1, 0.15) is 5.69 Å². The van der Waals surface area contributed by atoms with Crippen molar-refractivity contribution in [3.8, 4) is 11.1 Å². The topological polar surface area (TPSA) is 41.8 Å². The average Bonchev–Trinajstić information content (AvgIpc) is 3.02. The van der Waals surface area contributed by atoms with Gasteiger partial charge >= 0.3 is 0 Å². The zero-order valence-electron chi connectivity index (χ0n) is 14.8. The van der Waals surface area contributed by atoms with E-state index in [0.29, 0.717) is 18.8 Å². The van der Waals surface area contributed by atoms with Crippen LogP contribution < -0.4 is 0 Å². The van der Waals surface area contributed by atoms with Crippen LogP contribution in [0.5, 0.6) is 0 Å². The highest BCUT2D eigenvalue weighted by Crippen LogP contribution is 2.29. The summed E-state index contributed by atoms with van der Waals surface area (Å²) in [5, 5.41) is 0. The minimum atomic E-state index is -0.467. The number of hydrogen-bond acceptors (Lipinski definition) is 2. The molecule has 4 nitrogen and oxygen atoms in total. The van der Waals surface area contributed by atoms with Crippen LogP contribution >= 0.6 is 0 Å². The van der Waals surface area contributed by atoms with Gasteiger partial charge in [0.05, 0.1) is 0 Å². The lowest BCUT2D eigenvalue weighted by atomic mass is 10.0. The molecular formula is C21H22N2O2. The molecular weight excluding hydrogens is 312 g/mol. The van der Waals surface area contributed by atoms with E-state index in [-0.39, 0.29) is 0 Å². The normalized spacial score (nSPS) is 10.8. The van der Waals surface area contributed by atoms with Crippen LogP contribution in [0.1, 0.15) is 29.9 Å². The van der Waals surface area contributed by atoms with E-state index in [0.717, 1.165) is 22.2 Å². The third-order valence-electron chi connectivity index (χ3n) is 4.50. The number of rotatable bonds is 5. The summed E-state index contributed by atoms with van der Waals surface area (Å²) < 4.78 is 1.80. The SMILES string of the molecule is CCN(CC)C(=O)C(=O)c1c(-c2ccc(C)cc2)cc2ccccn12. The molecule has 0 atom stereocenters. The molecule has 0 radical (unpaired) electrons. The van der Waals surface area contributed by atoms with E-state index in [9.17, 15) is 9.59 Å². The third kappa shape index (κ3) is 3.07. The summed E-state index contributed by atoms with van der Waals surface area (Å²) in [6, 6.07) is 15.7. The van der Waals surface area contributed by atoms with Gasteiger partial charge in [-0.05, 0) is 44.5 Å². The molecule has 0 unspecified atom stereocenters. The maximum Gasteiger partial charge on any atom is 0.296 e. The Morgan fingerprint density at radius 3 is 2.32 bits per heavy atom. The van der Waals surface area contributed by atoms with Gasteiger partial charge in [-0.2, -0.15) is 0 Å². The summed E-state index contributed by atoms with van der Waals surface area (Å²) >= 11 is 0. The molecule has 2 aromatic heterocycles. The second-order valence-electron chi connectivity index (χ2n) is 6.07. The van der Waals surface area contributed by atoms with E-state index >= 15 is 0 Å². The summed E-state index contributed by atoms with van der Waals surface area (Å²) in [7, 11) is 0. The van der Waals surface area contributed by atoms with Crippen LogP contribution in [0.15, 0.2) is 54.7 Å². The average molecular weight is 334 g/mol. The summed E-state index contributed by atoms with van der Waals surface area (Å²) in [5.41, 5.74) is 4.20. The molecule has 4 heteroatoms. The van der Waals surface area contributed by atoms with Crippen molar-refractivity contribution in [3.05, 3.63) is 66.0 Å². The molecule has 0 aliphatic heterocycles. The predicted octanol–water partition coefficient (Wildman–Crippen LogP) is 3.97. The van der Waals surface area contributed by atoms with Crippen molar-refractivity contribution in [3.63, 3.8) is 0 Å². The van der Waals surface area contributed by atoms with E-state index in [4.69, 9.17) is 0 Å². The Hall–Kier alpha value is -2.88. The van der Waals surface area contributed by atoms with Crippen LogP contribution in [0.25, 0.3) is 16.6 Å². The lowest BCUT2D eigenvalue weighted by molar-refractivity contribution is -0.126. The molecule has 2 heterocycles. The maximum atomic E-state index is 13.0. The molecule has 0 N–H and O–H groups in total. The Kier molecular flexibility index (Phi) is 4.70.